The molecule has 1 atom stereocenters. The second-order valence-electron chi connectivity index (χ2n) is 12.3. The predicted molar refractivity (Wildman–Crippen MR) is 189 cm³/mol. The monoisotopic (exact) mass is 625 g/mol. The highest BCUT2D eigenvalue weighted by Crippen LogP contribution is 2.40. The molecular formula is C36H47N7O3. The quantitative estimate of drug-likeness (QED) is 0.181. The van der Waals surface area contributed by atoms with Crippen LogP contribution in [0.25, 0.3) is 0 Å². The lowest BCUT2D eigenvalue weighted by Crippen LogP contribution is -2.44. The Labute approximate surface area is 272 Å². The molecular weight excluding hydrogens is 578 g/mol. The fraction of sp³-hybridized carbons (Fsp3) is 0.417. The third-order valence-electron chi connectivity index (χ3n) is 8.39. The number of unbranched alkanes of at least 4 members (excludes halogenated alkanes) is 3. The fourth-order valence-electron chi connectivity index (χ4n) is 6.08. The number of likely N-dealkylation sites (N-methyl/N-ethyl adjacent to an activating group) is 1. The van der Waals surface area contributed by atoms with Crippen molar-refractivity contribution in [2.45, 2.75) is 59.3 Å². The summed E-state index contributed by atoms with van der Waals surface area (Å²) in [5.74, 6) is 1.40. The molecule has 1 unspecified atom stereocenters. The van der Waals surface area contributed by atoms with E-state index in [1.54, 1.807) is 4.90 Å². The molecule has 2 N–H and O–H groups in total. The van der Waals surface area contributed by atoms with Gasteiger partial charge in [-0.05, 0) is 75.8 Å². The summed E-state index contributed by atoms with van der Waals surface area (Å²) < 4.78 is 7.86. The minimum Gasteiger partial charge on any atom is -0.492 e. The Morgan fingerprint density at radius 2 is 1.96 bits per heavy atom. The number of hydrogen-bond acceptors (Lipinski definition) is 8. The number of carbonyl (C=O) groups excluding carboxylic acids is 1. The van der Waals surface area contributed by atoms with Crippen LogP contribution < -0.4 is 30.7 Å². The number of benzene rings is 2. The average Bonchev–Trinajstić information content (AvgIpc) is 3.03. The van der Waals surface area contributed by atoms with Gasteiger partial charge in [-0.3, -0.25) is 14.2 Å². The number of ether oxygens (including phenoxy) is 1. The van der Waals surface area contributed by atoms with Crippen LogP contribution in [0.5, 0.6) is 5.75 Å². The van der Waals surface area contributed by atoms with Crippen LogP contribution in [0.1, 0.15) is 49.3 Å². The maximum atomic E-state index is 14.4. The molecule has 10 nitrogen and oxygen atoms in total. The Kier molecular flexibility index (Phi) is 10.5. The SMILES string of the molecule is C=CC(=O)N1CCN(c2cc3c(n(CCCCCC)c2=O)NC(Nc2cc(C)cc(OCCN(C)C)c2)N=C3)c2cccc(C)c21. The third kappa shape index (κ3) is 7.28. The third-order valence-corrected chi connectivity index (χ3v) is 8.39. The molecule has 2 aliphatic heterocycles. The highest BCUT2D eigenvalue weighted by Gasteiger charge is 2.31. The Hall–Kier alpha value is -4.57. The van der Waals surface area contributed by atoms with E-state index >= 15 is 0 Å². The van der Waals surface area contributed by atoms with Gasteiger partial charge < -0.3 is 30.1 Å². The van der Waals surface area contributed by atoms with Crippen molar-refractivity contribution >= 4 is 40.7 Å². The first kappa shape index (κ1) is 32.8. The van der Waals surface area contributed by atoms with Gasteiger partial charge in [0.15, 0.2) is 6.29 Å². The Morgan fingerprint density at radius 1 is 1.13 bits per heavy atom. The van der Waals surface area contributed by atoms with E-state index in [0.717, 1.165) is 77.5 Å². The molecule has 0 aliphatic carbocycles. The van der Waals surface area contributed by atoms with Crippen LogP contribution in [0.3, 0.4) is 0 Å². The number of para-hydroxylation sites is 1. The minimum atomic E-state index is -0.465. The number of aryl methyl sites for hydroxylation is 2. The van der Waals surface area contributed by atoms with Crippen LogP contribution in [-0.4, -0.2) is 68.2 Å². The van der Waals surface area contributed by atoms with Gasteiger partial charge in [0.25, 0.3) is 11.5 Å². The number of carbonyl (C=O) groups is 1. The summed E-state index contributed by atoms with van der Waals surface area (Å²) in [4.78, 5) is 37.8. The van der Waals surface area contributed by atoms with Gasteiger partial charge in [0.2, 0.25) is 0 Å². The predicted octanol–water partition coefficient (Wildman–Crippen LogP) is 5.90. The van der Waals surface area contributed by atoms with Crippen molar-refractivity contribution in [1.29, 1.82) is 0 Å². The molecule has 0 radical (unpaired) electrons. The lowest BCUT2D eigenvalue weighted by molar-refractivity contribution is -0.114. The van der Waals surface area contributed by atoms with Crippen molar-refractivity contribution in [2.75, 3.05) is 60.8 Å². The van der Waals surface area contributed by atoms with E-state index in [-0.39, 0.29) is 11.5 Å². The molecule has 1 aromatic heterocycles. The molecule has 2 aliphatic rings. The first-order valence-electron chi connectivity index (χ1n) is 16.2. The molecule has 46 heavy (non-hydrogen) atoms. The van der Waals surface area contributed by atoms with Crippen LogP contribution in [0.2, 0.25) is 0 Å². The van der Waals surface area contributed by atoms with Crippen LogP contribution >= 0.6 is 0 Å². The fourth-order valence-corrected chi connectivity index (χ4v) is 6.08. The molecule has 3 heterocycles. The minimum absolute atomic E-state index is 0.0696. The van der Waals surface area contributed by atoms with Crippen molar-refractivity contribution in [2.24, 2.45) is 4.99 Å². The molecule has 0 bridgehead atoms. The zero-order chi connectivity index (χ0) is 32.8. The number of nitrogens with zero attached hydrogens (tertiary/aromatic N) is 5. The van der Waals surface area contributed by atoms with E-state index < -0.39 is 6.29 Å². The summed E-state index contributed by atoms with van der Waals surface area (Å²) in [6.45, 7) is 12.9. The summed E-state index contributed by atoms with van der Waals surface area (Å²) in [6, 6.07) is 13.9. The van der Waals surface area contributed by atoms with Crippen LogP contribution in [0.4, 0.5) is 28.6 Å². The van der Waals surface area contributed by atoms with E-state index in [1.165, 1.54) is 6.08 Å². The molecule has 0 saturated heterocycles. The molecule has 0 spiro atoms. The van der Waals surface area contributed by atoms with E-state index in [1.807, 2.05) is 80.0 Å². The van der Waals surface area contributed by atoms with Crippen molar-refractivity contribution in [3.05, 3.63) is 82.2 Å². The normalized spacial score (nSPS) is 15.3. The number of fused-ring (bicyclic) bond motifs is 2. The lowest BCUT2D eigenvalue weighted by atomic mass is 10.1. The van der Waals surface area contributed by atoms with E-state index in [4.69, 9.17) is 9.73 Å². The van der Waals surface area contributed by atoms with Gasteiger partial charge in [0.1, 0.15) is 23.9 Å². The Morgan fingerprint density at radius 3 is 2.72 bits per heavy atom. The first-order valence-corrected chi connectivity index (χ1v) is 16.2. The molecule has 0 saturated carbocycles. The van der Waals surface area contributed by atoms with Crippen LogP contribution in [-0.2, 0) is 11.3 Å². The zero-order valence-electron chi connectivity index (χ0n) is 27.8. The summed E-state index contributed by atoms with van der Waals surface area (Å²) in [5.41, 5.74) is 5.92. The number of nitrogens with one attached hydrogen (secondary N) is 2. The summed E-state index contributed by atoms with van der Waals surface area (Å²) >= 11 is 0. The number of pyridine rings is 1. The number of aromatic nitrogens is 1. The summed E-state index contributed by atoms with van der Waals surface area (Å²) in [5, 5.41) is 6.98. The van der Waals surface area contributed by atoms with Gasteiger partial charge in [-0.1, -0.05) is 44.9 Å². The second kappa shape index (κ2) is 14.7. The number of hydrogen-bond donors (Lipinski definition) is 2. The topological polar surface area (TPSA) is 94.4 Å². The van der Waals surface area contributed by atoms with Crippen molar-refractivity contribution in [3.8, 4) is 5.75 Å². The van der Waals surface area contributed by atoms with Gasteiger partial charge in [0.05, 0.1) is 11.4 Å². The number of aliphatic imine (C=N–C) groups is 1. The van der Waals surface area contributed by atoms with Crippen molar-refractivity contribution in [1.82, 2.24) is 9.47 Å². The zero-order valence-corrected chi connectivity index (χ0v) is 27.8. The number of rotatable bonds is 13. The standard InChI is InChI=1S/C36H47N7O3/c1-7-9-10-11-15-43-34-27(24-37-36(39-34)38-28-20-25(3)21-29(23-28)46-19-18-40(5)6)22-31(35(43)45)41-16-17-42(32(44)8-2)33-26(4)13-12-14-30(33)41/h8,12-14,20-24,36,38-39H,2,7,9-11,15-19H2,1,3-6H3. The maximum Gasteiger partial charge on any atom is 0.276 e. The van der Waals surface area contributed by atoms with Gasteiger partial charge in [-0.2, -0.15) is 0 Å². The molecule has 5 rings (SSSR count). The van der Waals surface area contributed by atoms with Gasteiger partial charge in [0, 0.05) is 49.7 Å². The van der Waals surface area contributed by atoms with Crippen LogP contribution in [0, 0.1) is 13.8 Å². The van der Waals surface area contributed by atoms with Gasteiger partial charge in [-0.15, -0.1) is 0 Å². The summed E-state index contributed by atoms with van der Waals surface area (Å²) in [6.07, 6.45) is 6.89. The molecule has 3 aromatic rings. The molecule has 2 aromatic carbocycles. The van der Waals surface area contributed by atoms with Crippen molar-refractivity contribution in [3.63, 3.8) is 0 Å². The van der Waals surface area contributed by atoms with Crippen molar-refractivity contribution < 1.29 is 9.53 Å². The van der Waals surface area contributed by atoms with E-state index in [0.29, 0.717) is 31.9 Å². The number of amides is 1. The van der Waals surface area contributed by atoms with E-state index in [2.05, 4.69) is 35.1 Å². The lowest BCUT2D eigenvalue weighted by Gasteiger charge is -2.38. The number of anilines is 5. The first-order chi connectivity index (χ1) is 22.2. The maximum absolute atomic E-state index is 14.4. The van der Waals surface area contributed by atoms with Gasteiger partial charge in [-0.25, -0.2) is 4.99 Å². The van der Waals surface area contributed by atoms with Crippen LogP contribution in [0.15, 0.2) is 64.9 Å². The molecule has 1 amide bonds. The molecule has 244 valence electrons. The summed E-state index contributed by atoms with van der Waals surface area (Å²) in [7, 11) is 4.05. The molecule has 0 fully saturated rings. The largest absolute Gasteiger partial charge is 0.492 e. The average molecular weight is 626 g/mol. The molecule has 10 heteroatoms. The smallest absolute Gasteiger partial charge is 0.276 e. The Balaban J connectivity index is 1.47. The Bertz CT molecular complexity index is 1660. The van der Waals surface area contributed by atoms with Gasteiger partial charge >= 0.3 is 0 Å². The van der Waals surface area contributed by atoms with E-state index in [9.17, 15) is 9.59 Å². The highest BCUT2D eigenvalue weighted by molar-refractivity contribution is 6.05. The second-order valence-corrected chi connectivity index (χ2v) is 12.3. The highest BCUT2D eigenvalue weighted by atomic mass is 16.5.